The molecule has 0 aliphatic heterocycles. The molecule has 1 fully saturated rings. The SMILES string of the molecule is Oc1ccc(C2(c3ccc(O)cc3O)CCCCCCCCCCC2)c(O)c1. The molecule has 0 unspecified atom stereocenters. The third-order valence-electron chi connectivity index (χ3n) is 6.20. The van der Waals surface area contributed by atoms with Crippen molar-refractivity contribution in [1.82, 2.24) is 0 Å². The van der Waals surface area contributed by atoms with E-state index in [-0.39, 0.29) is 23.0 Å². The van der Waals surface area contributed by atoms with Crippen LogP contribution >= 0.6 is 0 Å². The van der Waals surface area contributed by atoms with Crippen LogP contribution in [0.3, 0.4) is 0 Å². The highest BCUT2D eigenvalue weighted by Gasteiger charge is 2.38. The van der Waals surface area contributed by atoms with Crippen LogP contribution < -0.4 is 0 Å². The normalized spacial score (nSPS) is 18.7. The average molecular weight is 385 g/mol. The van der Waals surface area contributed by atoms with E-state index >= 15 is 0 Å². The molecule has 1 aliphatic carbocycles. The third-order valence-corrected chi connectivity index (χ3v) is 6.20. The second-order valence-electron chi connectivity index (χ2n) is 8.17. The van der Waals surface area contributed by atoms with Crippen LogP contribution in [0, 0.1) is 0 Å². The van der Waals surface area contributed by atoms with Crippen molar-refractivity contribution in [2.45, 2.75) is 76.0 Å². The van der Waals surface area contributed by atoms with Crippen molar-refractivity contribution in [2.75, 3.05) is 0 Å². The van der Waals surface area contributed by atoms with Gasteiger partial charge in [0.1, 0.15) is 23.0 Å². The first-order chi connectivity index (χ1) is 13.5. The molecule has 0 amide bonds. The summed E-state index contributed by atoms with van der Waals surface area (Å²) in [4.78, 5) is 0. The van der Waals surface area contributed by atoms with Crippen LogP contribution in [0.15, 0.2) is 36.4 Å². The Morgan fingerprint density at radius 2 is 0.857 bits per heavy atom. The maximum absolute atomic E-state index is 10.7. The van der Waals surface area contributed by atoms with Crippen LogP contribution in [0.5, 0.6) is 23.0 Å². The Morgan fingerprint density at radius 1 is 0.500 bits per heavy atom. The van der Waals surface area contributed by atoms with Gasteiger partial charge in [-0.15, -0.1) is 0 Å². The van der Waals surface area contributed by atoms with Crippen molar-refractivity contribution in [3.63, 3.8) is 0 Å². The summed E-state index contributed by atoms with van der Waals surface area (Å²) in [6.07, 6.45) is 12.1. The quantitative estimate of drug-likeness (QED) is 0.504. The molecule has 152 valence electrons. The maximum atomic E-state index is 10.7. The zero-order chi connectivity index (χ0) is 20.0. The number of phenolic OH excluding ortho intramolecular Hbond substituents is 4. The van der Waals surface area contributed by atoms with Gasteiger partial charge in [-0.1, -0.05) is 69.9 Å². The fourth-order valence-corrected chi connectivity index (χ4v) is 4.75. The number of aromatic hydroxyl groups is 4. The molecule has 1 aliphatic rings. The molecule has 0 saturated heterocycles. The Balaban J connectivity index is 2.09. The fourth-order valence-electron chi connectivity index (χ4n) is 4.75. The van der Waals surface area contributed by atoms with Gasteiger partial charge >= 0.3 is 0 Å². The van der Waals surface area contributed by atoms with Crippen molar-refractivity contribution in [2.24, 2.45) is 0 Å². The molecule has 28 heavy (non-hydrogen) atoms. The lowest BCUT2D eigenvalue weighted by atomic mass is 9.67. The summed E-state index contributed by atoms with van der Waals surface area (Å²) >= 11 is 0. The predicted octanol–water partition coefficient (Wildman–Crippen LogP) is 6.10. The second-order valence-corrected chi connectivity index (χ2v) is 8.17. The molecule has 2 aromatic carbocycles. The summed E-state index contributed by atoms with van der Waals surface area (Å²) in [6, 6.07) is 9.52. The summed E-state index contributed by atoms with van der Waals surface area (Å²) in [5.74, 6) is 0.165. The molecule has 0 bridgehead atoms. The average Bonchev–Trinajstić information content (AvgIpc) is 2.63. The van der Waals surface area contributed by atoms with Crippen molar-refractivity contribution < 1.29 is 20.4 Å². The van der Waals surface area contributed by atoms with Crippen LogP contribution in [0.4, 0.5) is 0 Å². The smallest absolute Gasteiger partial charge is 0.123 e. The lowest BCUT2D eigenvalue weighted by molar-refractivity contribution is 0.348. The summed E-state index contributed by atoms with van der Waals surface area (Å²) < 4.78 is 0. The number of hydrogen-bond acceptors (Lipinski definition) is 4. The summed E-state index contributed by atoms with van der Waals surface area (Å²) in [6.45, 7) is 0. The van der Waals surface area contributed by atoms with E-state index in [1.807, 2.05) is 0 Å². The van der Waals surface area contributed by atoms with Gasteiger partial charge in [0.2, 0.25) is 0 Å². The zero-order valence-electron chi connectivity index (χ0n) is 16.5. The van der Waals surface area contributed by atoms with E-state index in [2.05, 4.69) is 0 Å². The zero-order valence-corrected chi connectivity index (χ0v) is 16.5. The monoisotopic (exact) mass is 384 g/mol. The van der Waals surface area contributed by atoms with Crippen molar-refractivity contribution in [3.8, 4) is 23.0 Å². The molecule has 4 heteroatoms. The number of hydrogen-bond donors (Lipinski definition) is 4. The molecule has 2 aromatic rings. The molecule has 4 nitrogen and oxygen atoms in total. The first kappa shape index (κ1) is 20.4. The van der Waals surface area contributed by atoms with Crippen molar-refractivity contribution in [3.05, 3.63) is 47.5 Å². The van der Waals surface area contributed by atoms with Gasteiger partial charge in [-0.3, -0.25) is 0 Å². The fraction of sp³-hybridized carbons (Fsp3) is 0.500. The molecule has 0 spiro atoms. The first-order valence-electron chi connectivity index (χ1n) is 10.6. The van der Waals surface area contributed by atoms with E-state index in [0.29, 0.717) is 0 Å². The lowest BCUT2D eigenvalue weighted by Gasteiger charge is -2.37. The molecule has 1 saturated carbocycles. The minimum atomic E-state index is -0.547. The van der Waals surface area contributed by atoms with Gasteiger partial charge in [0.05, 0.1) is 0 Å². The van der Waals surface area contributed by atoms with Gasteiger partial charge < -0.3 is 20.4 Å². The highest BCUT2D eigenvalue weighted by molar-refractivity contribution is 5.54. The Morgan fingerprint density at radius 3 is 1.21 bits per heavy atom. The van der Waals surface area contributed by atoms with Crippen molar-refractivity contribution >= 4 is 0 Å². The summed E-state index contributed by atoms with van der Waals surface area (Å²) in [5, 5.41) is 41.0. The first-order valence-corrected chi connectivity index (χ1v) is 10.6. The molecule has 0 atom stereocenters. The largest absolute Gasteiger partial charge is 0.508 e. The van der Waals surface area contributed by atoms with E-state index < -0.39 is 5.41 Å². The Hall–Kier alpha value is -2.36. The van der Waals surface area contributed by atoms with E-state index in [0.717, 1.165) is 49.7 Å². The lowest BCUT2D eigenvalue weighted by Crippen LogP contribution is -2.28. The Kier molecular flexibility index (Phi) is 6.71. The standard InChI is InChI=1S/C24H32O4/c25-18-10-12-20(22(27)16-18)24(21-13-11-19(26)17-23(21)28)14-8-6-4-2-1-3-5-7-9-15-24/h10-13,16-17,25-28H,1-9,14-15H2. The Labute approximate surface area is 167 Å². The Bertz CT molecular complexity index is 719. The molecular weight excluding hydrogens is 352 g/mol. The molecule has 3 rings (SSSR count). The number of benzene rings is 2. The predicted molar refractivity (Wildman–Crippen MR) is 111 cm³/mol. The third kappa shape index (κ3) is 4.54. The van der Waals surface area contributed by atoms with Gasteiger partial charge in [0, 0.05) is 28.7 Å². The van der Waals surface area contributed by atoms with Crippen molar-refractivity contribution in [1.29, 1.82) is 0 Å². The van der Waals surface area contributed by atoms with E-state index in [1.165, 1.54) is 44.2 Å². The van der Waals surface area contributed by atoms with Crippen LogP contribution in [0.1, 0.15) is 81.8 Å². The maximum Gasteiger partial charge on any atom is 0.123 e. The van der Waals surface area contributed by atoms with E-state index in [4.69, 9.17) is 0 Å². The summed E-state index contributed by atoms with van der Waals surface area (Å²) in [7, 11) is 0. The second kappa shape index (κ2) is 9.22. The minimum absolute atomic E-state index is 0.0273. The topological polar surface area (TPSA) is 80.9 Å². The summed E-state index contributed by atoms with van der Waals surface area (Å²) in [5.41, 5.74) is 0.932. The highest BCUT2D eigenvalue weighted by atomic mass is 16.3. The highest BCUT2D eigenvalue weighted by Crippen LogP contribution is 2.49. The van der Waals surface area contributed by atoms with Gasteiger partial charge in [-0.25, -0.2) is 0 Å². The van der Waals surface area contributed by atoms with E-state index in [1.54, 1.807) is 24.3 Å². The van der Waals surface area contributed by atoms with Crippen LogP contribution in [-0.2, 0) is 5.41 Å². The number of rotatable bonds is 2. The van der Waals surface area contributed by atoms with Gasteiger partial charge in [0.15, 0.2) is 0 Å². The molecule has 0 aromatic heterocycles. The van der Waals surface area contributed by atoms with Crippen LogP contribution in [0.25, 0.3) is 0 Å². The van der Waals surface area contributed by atoms with Crippen LogP contribution in [0.2, 0.25) is 0 Å². The van der Waals surface area contributed by atoms with E-state index in [9.17, 15) is 20.4 Å². The molecular formula is C24H32O4. The van der Waals surface area contributed by atoms with Gasteiger partial charge in [-0.2, -0.15) is 0 Å². The number of phenols is 4. The van der Waals surface area contributed by atoms with Gasteiger partial charge in [-0.05, 0) is 25.0 Å². The molecule has 0 heterocycles. The van der Waals surface area contributed by atoms with Gasteiger partial charge in [0.25, 0.3) is 0 Å². The molecule has 4 N–H and O–H groups in total. The minimum Gasteiger partial charge on any atom is -0.508 e. The van der Waals surface area contributed by atoms with Crippen LogP contribution in [-0.4, -0.2) is 20.4 Å². The molecule has 0 radical (unpaired) electrons.